The lowest BCUT2D eigenvalue weighted by atomic mass is 9.95. The van der Waals surface area contributed by atoms with Crippen LogP contribution in [0.15, 0.2) is 24.3 Å². The van der Waals surface area contributed by atoms with Crippen LogP contribution in [0.2, 0.25) is 0 Å². The highest BCUT2D eigenvalue weighted by atomic mass is 32.1. The zero-order valence-electron chi connectivity index (χ0n) is 15.8. The third kappa shape index (κ3) is 4.67. The highest BCUT2D eigenvalue weighted by molar-refractivity contribution is 7.17. The maximum atomic E-state index is 12.5. The number of fused-ring (bicyclic) bond motifs is 1. The Morgan fingerprint density at radius 1 is 1.22 bits per heavy atom. The second-order valence-electron chi connectivity index (χ2n) is 6.99. The lowest BCUT2D eigenvalue weighted by Crippen LogP contribution is -3.08. The smallest absolute Gasteiger partial charge is 0.280 e. The number of carbonyl (C=O) groups excluding carboxylic acids is 2. The predicted molar refractivity (Wildman–Crippen MR) is 107 cm³/mol. The van der Waals surface area contributed by atoms with E-state index < -0.39 is 5.91 Å². The highest BCUT2D eigenvalue weighted by Crippen LogP contribution is 2.37. The number of carbonyl (C=O) groups is 2. The van der Waals surface area contributed by atoms with Crippen LogP contribution in [0.3, 0.4) is 0 Å². The predicted octanol–water partition coefficient (Wildman–Crippen LogP) is 1.39. The first kappa shape index (κ1) is 19.4. The number of thiophene rings is 1. The molecular formula is C20H26N3O3S+. The van der Waals surface area contributed by atoms with Crippen molar-refractivity contribution in [3.8, 4) is 5.75 Å². The molecule has 0 spiro atoms. The fraction of sp³-hybridized carbons (Fsp3) is 0.400. The summed E-state index contributed by atoms with van der Waals surface area (Å²) in [6.45, 7) is 1.04. The molecule has 6 nitrogen and oxygen atoms in total. The van der Waals surface area contributed by atoms with Crippen molar-refractivity contribution in [2.75, 3.05) is 26.0 Å². The Morgan fingerprint density at radius 2 is 1.93 bits per heavy atom. The van der Waals surface area contributed by atoms with E-state index in [4.69, 9.17) is 10.5 Å². The summed E-state index contributed by atoms with van der Waals surface area (Å²) in [5.41, 5.74) is 8.26. The number of aryl methyl sites for hydroxylation is 1. The van der Waals surface area contributed by atoms with Crippen molar-refractivity contribution >= 4 is 28.2 Å². The van der Waals surface area contributed by atoms with Crippen LogP contribution in [-0.4, -0.2) is 32.5 Å². The van der Waals surface area contributed by atoms with Crippen LogP contribution in [0.1, 0.15) is 39.2 Å². The van der Waals surface area contributed by atoms with E-state index in [-0.39, 0.29) is 5.91 Å². The van der Waals surface area contributed by atoms with Crippen molar-refractivity contribution in [1.82, 2.24) is 0 Å². The molecule has 0 saturated carbocycles. The monoisotopic (exact) mass is 388 g/mol. The first-order valence-electron chi connectivity index (χ1n) is 9.16. The quantitative estimate of drug-likeness (QED) is 0.670. The zero-order chi connectivity index (χ0) is 19.4. The molecule has 1 aromatic heterocycles. The largest absolute Gasteiger partial charge is 0.497 e. The number of likely N-dealkylation sites (N-methyl/N-ethyl adjacent to an activating group) is 1. The number of hydrogen-bond donors (Lipinski definition) is 3. The van der Waals surface area contributed by atoms with Gasteiger partial charge in [-0.25, -0.2) is 0 Å². The lowest BCUT2D eigenvalue weighted by Gasteiger charge is -2.14. The van der Waals surface area contributed by atoms with Crippen LogP contribution in [0, 0.1) is 0 Å². The van der Waals surface area contributed by atoms with E-state index in [9.17, 15) is 9.59 Å². The number of quaternary nitrogens is 1. The molecule has 2 amide bonds. The number of anilines is 1. The van der Waals surface area contributed by atoms with Crippen molar-refractivity contribution in [1.29, 1.82) is 0 Å². The van der Waals surface area contributed by atoms with Gasteiger partial charge in [0.25, 0.3) is 11.8 Å². The number of ether oxygens (including phenoxy) is 1. The van der Waals surface area contributed by atoms with Crippen molar-refractivity contribution in [3.05, 3.63) is 45.8 Å². The maximum Gasteiger partial charge on any atom is 0.280 e. The van der Waals surface area contributed by atoms with Crippen molar-refractivity contribution in [2.24, 2.45) is 5.73 Å². The number of primary amides is 1. The molecule has 2 aromatic rings. The highest BCUT2D eigenvalue weighted by Gasteiger charge is 2.25. The van der Waals surface area contributed by atoms with E-state index in [0.717, 1.165) is 54.0 Å². The van der Waals surface area contributed by atoms with E-state index in [1.807, 2.05) is 31.3 Å². The fourth-order valence-corrected chi connectivity index (χ4v) is 4.82. The molecule has 144 valence electrons. The molecule has 4 N–H and O–H groups in total. The molecule has 0 bridgehead atoms. The van der Waals surface area contributed by atoms with E-state index in [0.29, 0.717) is 17.1 Å². The van der Waals surface area contributed by atoms with Crippen LogP contribution < -0.4 is 20.7 Å². The van der Waals surface area contributed by atoms with Gasteiger partial charge in [-0.3, -0.25) is 9.59 Å². The molecule has 0 fully saturated rings. The minimum absolute atomic E-state index is 0.109. The van der Waals surface area contributed by atoms with Gasteiger partial charge in [-0.15, -0.1) is 11.3 Å². The number of hydrogen-bond acceptors (Lipinski definition) is 4. The third-order valence-corrected chi connectivity index (χ3v) is 6.01. The first-order valence-corrected chi connectivity index (χ1v) is 9.98. The normalized spacial score (nSPS) is 14.3. The SMILES string of the molecule is COc1ccc(C[NH+](C)CC(=O)Nc2sc3c(c2C(N)=O)CCCC3)cc1. The number of nitrogens with one attached hydrogen (secondary N) is 2. The molecule has 27 heavy (non-hydrogen) atoms. The lowest BCUT2D eigenvalue weighted by molar-refractivity contribution is -0.885. The van der Waals surface area contributed by atoms with Gasteiger partial charge in [0, 0.05) is 10.4 Å². The van der Waals surface area contributed by atoms with Crippen LogP contribution in [0.25, 0.3) is 0 Å². The average molecular weight is 389 g/mol. The van der Waals surface area contributed by atoms with Gasteiger partial charge in [0.2, 0.25) is 0 Å². The summed E-state index contributed by atoms with van der Waals surface area (Å²) >= 11 is 1.50. The topological polar surface area (TPSA) is 85.9 Å². The number of amides is 2. The van der Waals surface area contributed by atoms with Gasteiger partial charge in [-0.05, 0) is 55.5 Å². The molecule has 1 atom stereocenters. The molecule has 3 rings (SSSR count). The fourth-order valence-electron chi connectivity index (χ4n) is 3.51. The molecule has 0 aliphatic heterocycles. The van der Waals surface area contributed by atoms with Gasteiger partial charge < -0.3 is 20.7 Å². The van der Waals surface area contributed by atoms with E-state index >= 15 is 0 Å². The zero-order valence-corrected chi connectivity index (χ0v) is 16.6. The number of benzene rings is 1. The van der Waals surface area contributed by atoms with Crippen LogP contribution in [-0.2, 0) is 24.2 Å². The Morgan fingerprint density at radius 3 is 2.59 bits per heavy atom. The van der Waals surface area contributed by atoms with Gasteiger partial charge in [0.1, 0.15) is 17.3 Å². The molecule has 0 saturated heterocycles. The maximum absolute atomic E-state index is 12.5. The minimum atomic E-state index is -0.455. The van der Waals surface area contributed by atoms with Gasteiger partial charge in [-0.2, -0.15) is 0 Å². The van der Waals surface area contributed by atoms with E-state index in [1.165, 1.54) is 16.2 Å². The van der Waals surface area contributed by atoms with Crippen LogP contribution in [0.4, 0.5) is 5.00 Å². The van der Waals surface area contributed by atoms with Gasteiger partial charge >= 0.3 is 0 Å². The molecule has 1 aliphatic rings. The Hall–Kier alpha value is -2.38. The molecule has 1 aliphatic carbocycles. The number of methoxy groups -OCH3 is 1. The Bertz CT molecular complexity index is 830. The van der Waals surface area contributed by atoms with Crippen molar-refractivity contribution in [3.63, 3.8) is 0 Å². The summed E-state index contributed by atoms with van der Waals surface area (Å²) in [6, 6.07) is 7.83. The van der Waals surface area contributed by atoms with Gasteiger partial charge in [0.05, 0.1) is 19.7 Å². The molecule has 1 heterocycles. The average Bonchev–Trinajstić information content (AvgIpc) is 2.99. The molecular weight excluding hydrogens is 362 g/mol. The molecule has 7 heteroatoms. The Labute approximate surface area is 163 Å². The summed E-state index contributed by atoms with van der Waals surface area (Å²) in [5, 5.41) is 3.53. The summed E-state index contributed by atoms with van der Waals surface area (Å²) in [5.74, 6) is 0.250. The van der Waals surface area contributed by atoms with E-state index in [1.54, 1.807) is 7.11 Å². The standard InChI is InChI=1S/C20H25N3O3S/c1-23(11-13-7-9-14(26-2)10-8-13)12-17(24)22-20-18(19(21)25)15-5-3-4-6-16(15)27-20/h7-10H,3-6,11-12H2,1-2H3,(H2,21,25)(H,22,24)/p+1. The van der Waals surface area contributed by atoms with Crippen molar-refractivity contribution < 1.29 is 19.2 Å². The number of nitrogens with two attached hydrogens (primary N) is 1. The third-order valence-electron chi connectivity index (χ3n) is 4.80. The van der Waals surface area contributed by atoms with Crippen LogP contribution >= 0.6 is 11.3 Å². The van der Waals surface area contributed by atoms with Gasteiger partial charge in [-0.1, -0.05) is 0 Å². The van der Waals surface area contributed by atoms with Crippen LogP contribution in [0.5, 0.6) is 5.75 Å². The van der Waals surface area contributed by atoms with E-state index in [2.05, 4.69) is 5.32 Å². The molecule has 1 aromatic carbocycles. The minimum Gasteiger partial charge on any atom is -0.497 e. The summed E-state index contributed by atoms with van der Waals surface area (Å²) in [7, 11) is 3.61. The first-order chi connectivity index (χ1) is 13.0. The summed E-state index contributed by atoms with van der Waals surface area (Å²) in [6.07, 6.45) is 4.00. The Balaban J connectivity index is 1.63. The number of rotatable bonds is 7. The molecule has 0 radical (unpaired) electrons. The Kier molecular flexibility index (Phi) is 6.13. The molecule has 1 unspecified atom stereocenters. The van der Waals surface area contributed by atoms with Gasteiger partial charge in [0.15, 0.2) is 6.54 Å². The second kappa shape index (κ2) is 8.54. The summed E-state index contributed by atoms with van der Waals surface area (Å²) in [4.78, 5) is 26.7. The second-order valence-corrected chi connectivity index (χ2v) is 8.09. The van der Waals surface area contributed by atoms with Crippen molar-refractivity contribution in [2.45, 2.75) is 32.2 Å². The summed E-state index contributed by atoms with van der Waals surface area (Å²) < 4.78 is 5.16.